The van der Waals surface area contributed by atoms with Crippen molar-refractivity contribution in [3.63, 3.8) is 0 Å². The van der Waals surface area contributed by atoms with Gasteiger partial charge in [0.05, 0.1) is 23.7 Å². The Morgan fingerprint density at radius 1 is 1.00 bits per heavy atom. The van der Waals surface area contributed by atoms with E-state index >= 15 is 0 Å². The van der Waals surface area contributed by atoms with Crippen LogP contribution >= 0.6 is 0 Å². The average molecular weight is 458 g/mol. The number of methoxy groups -OCH3 is 1. The van der Waals surface area contributed by atoms with Crippen molar-refractivity contribution in [1.82, 2.24) is 9.88 Å². The number of nitrogens with zero attached hydrogens (tertiary/aromatic N) is 3. The summed E-state index contributed by atoms with van der Waals surface area (Å²) >= 11 is 0. The lowest BCUT2D eigenvalue weighted by Crippen LogP contribution is -2.47. The first-order valence-corrected chi connectivity index (χ1v) is 13.4. The quantitative estimate of drug-likeness (QED) is 0.595. The van der Waals surface area contributed by atoms with Crippen LogP contribution in [-0.2, 0) is 9.84 Å². The molecule has 0 radical (unpaired) electrons. The van der Waals surface area contributed by atoms with Gasteiger partial charge in [0.15, 0.2) is 9.84 Å². The molecule has 1 unspecified atom stereocenters. The van der Waals surface area contributed by atoms with E-state index in [4.69, 9.17) is 4.74 Å². The highest BCUT2D eigenvalue weighted by molar-refractivity contribution is 7.92. The Morgan fingerprint density at radius 2 is 1.72 bits per heavy atom. The number of anilines is 1. The van der Waals surface area contributed by atoms with Crippen molar-refractivity contribution in [2.75, 3.05) is 44.7 Å². The van der Waals surface area contributed by atoms with Gasteiger partial charge in [-0.1, -0.05) is 37.5 Å². The van der Waals surface area contributed by atoms with Crippen molar-refractivity contribution in [2.24, 2.45) is 0 Å². The maximum absolute atomic E-state index is 13.6. The molecule has 0 spiro atoms. The van der Waals surface area contributed by atoms with Crippen molar-refractivity contribution in [3.05, 3.63) is 54.4 Å². The predicted molar refractivity (Wildman–Crippen MR) is 129 cm³/mol. The lowest BCUT2D eigenvalue weighted by molar-refractivity contribution is 0.252. The number of aromatic nitrogens is 1. The number of pyridine rings is 1. The fourth-order valence-corrected chi connectivity index (χ4v) is 7.44. The van der Waals surface area contributed by atoms with E-state index in [1.807, 2.05) is 36.4 Å². The van der Waals surface area contributed by atoms with Gasteiger partial charge in [-0.3, -0.25) is 9.88 Å². The van der Waals surface area contributed by atoms with E-state index in [0.29, 0.717) is 12.1 Å². The minimum atomic E-state index is -3.26. The highest BCUT2D eigenvalue weighted by Gasteiger charge is 2.36. The van der Waals surface area contributed by atoms with Crippen LogP contribution in [0.2, 0.25) is 0 Å². The van der Waals surface area contributed by atoms with Gasteiger partial charge in [0.1, 0.15) is 11.0 Å². The Bertz CT molecular complexity index is 953. The molecule has 1 saturated heterocycles. The van der Waals surface area contributed by atoms with Gasteiger partial charge in [-0.25, -0.2) is 8.42 Å². The molecule has 0 N–H and O–H groups in total. The first-order chi connectivity index (χ1) is 15.6. The van der Waals surface area contributed by atoms with E-state index < -0.39 is 15.1 Å². The highest BCUT2D eigenvalue weighted by atomic mass is 32.2. The Kier molecular flexibility index (Phi) is 7.68. The molecular weight excluding hydrogens is 422 g/mol. The number of piperazine rings is 1. The van der Waals surface area contributed by atoms with E-state index in [9.17, 15) is 8.42 Å². The summed E-state index contributed by atoms with van der Waals surface area (Å²) in [7, 11) is -1.55. The third-order valence-electron chi connectivity index (χ3n) is 6.94. The summed E-state index contributed by atoms with van der Waals surface area (Å²) in [6.07, 6.45) is 7.09. The number of ether oxygens (including phenoxy) is 1. The summed E-state index contributed by atoms with van der Waals surface area (Å²) in [6.45, 7) is 4.41. The molecule has 1 aliphatic carbocycles. The van der Waals surface area contributed by atoms with Gasteiger partial charge in [-0.15, -0.1) is 0 Å². The normalized spacial score (nSPS) is 19.6. The summed E-state index contributed by atoms with van der Waals surface area (Å²) in [5, 5.41) is -0.732. The molecule has 32 heavy (non-hydrogen) atoms. The zero-order valence-electron chi connectivity index (χ0n) is 19.0. The number of benzene rings is 1. The predicted octanol–water partition coefficient (Wildman–Crippen LogP) is 4.09. The fourth-order valence-electron chi connectivity index (χ4n) is 5.08. The second-order valence-electron chi connectivity index (χ2n) is 8.88. The van der Waals surface area contributed by atoms with E-state index in [-0.39, 0.29) is 5.25 Å². The van der Waals surface area contributed by atoms with Gasteiger partial charge in [0, 0.05) is 32.4 Å². The third kappa shape index (κ3) is 5.26. The standard InChI is InChI=1S/C25H35N3O3S/c1-31-24-13-6-5-12-23(24)28-19-17-27(18-20-28)16-14-25(22-11-7-8-15-26-22)32(29,30)21-9-3-2-4-10-21/h5-8,11-13,15,21,25H,2-4,9-10,14,16-20H2,1H3. The van der Waals surface area contributed by atoms with Crippen LogP contribution in [0, 0.1) is 0 Å². The lowest BCUT2D eigenvalue weighted by Gasteiger charge is -2.37. The number of sulfone groups is 1. The van der Waals surface area contributed by atoms with Gasteiger partial charge >= 0.3 is 0 Å². The molecule has 174 valence electrons. The summed E-state index contributed by atoms with van der Waals surface area (Å²) in [6, 6.07) is 13.8. The van der Waals surface area contributed by atoms with Gasteiger partial charge in [-0.05, 0) is 50.1 Å². The molecule has 2 aliphatic rings. The summed E-state index contributed by atoms with van der Waals surface area (Å²) in [5.74, 6) is 0.898. The second kappa shape index (κ2) is 10.7. The summed E-state index contributed by atoms with van der Waals surface area (Å²) < 4.78 is 32.7. The van der Waals surface area contributed by atoms with E-state index in [0.717, 1.165) is 76.3 Å². The minimum absolute atomic E-state index is 0.217. The van der Waals surface area contributed by atoms with Crippen molar-refractivity contribution >= 4 is 15.5 Å². The lowest BCUT2D eigenvalue weighted by atomic mass is 10.0. The number of rotatable bonds is 8. The smallest absolute Gasteiger partial charge is 0.161 e. The molecule has 6 nitrogen and oxygen atoms in total. The molecule has 4 rings (SSSR count). The van der Waals surface area contributed by atoms with Crippen LogP contribution in [0.1, 0.15) is 49.5 Å². The summed E-state index contributed by atoms with van der Waals surface area (Å²) in [5.41, 5.74) is 1.83. The van der Waals surface area contributed by atoms with Crippen LogP contribution in [0.4, 0.5) is 5.69 Å². The van der Waals surface area contributed by atoms with Gasteiger partial charge in [0.25, 0.3) is 0 Å². The molecule has 2 heterocycles. The molecule has 0 bridgehead atoms. The molecule has 1 saturated carbocycles. The van der Waals surface area contributed by atoms with E-state index in [1.165, 1.54) is 0 Å². The first kappa shape index (κ1) is 23.1. The zero-order valence-corrected chi connectivity index (χ0v) is 19.8. The molecule has 1 atom stereocenters. The molecule has 1 aromatic heterocycles. The van der Waals surface area contributed by atoms with Crippen molar-refractivity contribution < 1.29 is 13.2 Å². The Hall–Kier alpha value is -2.12. The number of hydrogen-bond donors (Lipinski definition) is 0. The minimum Gasteiger partial charge on any atom is -0.495 e. The van der Waals surface area contributed by atoms with Crippen molar-refractivity contribution in [2.45, 2.75) is 49.0 Å². The largest absolute Gasteiger partial charge is 0.495 e. The Balaban J connectivity index is 1.41. The summed E-state index contributed by atoms with van der Waals surface area (Å²) in [4.78, 5) is 9.19. The average Bonchev–Trinajstić information content (AvgIpc) is 2.85. The van der Waals surface area contributed by atoms with Crippen LogP contribution in [0.25, 0.3) is 0 Å². The van der Waals surface area contributed by atoms with Crippen LogP contribution in [0.15, 0.2) is 48.7 Å². The van der Waals surface area contributed by atoms with E-state index in [1.54, 1.807) is 13.3 Å². The molecule has 2 fully saturated rings. The number of hydrogen-bond acceptors (Lipinski definition) is 6. The van der Waals surface area contributed by atoms with Crippen molar-refractivity contribution in [1.29, 1.82) is 0 Å². The molecule has 0 amide bonds. The van der Waals surface area contributed by atoms with E-state index in [2.05, 4.69) is 20.9 Å². The van der Waals surface area contributed by atoms with Crippen molar-refractivity contribution in [3.8, 4) is 5.75 Å². The monoisotopic (exact) mass is 457 g/mol. The molecule has 1 aromatic carbocycles. The molecule has 1 aliphatic heterocycles. The van der Waals surface area contributed by atoms with Gasteiger partial charge in [-0.2, -0.15) is 0 Å². The van der Waals surface area contributed by atoms with Gasteiger partial charge in [0.2, 0.25) is 0 Å². The van der Waals surface area contributed by atoms with Crippen LogP contribution < -0.4 is 9.64 Å². The molecular formula is C25H35N3O3S. The molecule has 2 aromatic rings. The third-order valence-corrected chi connectivity index (χ3v) is 9.61. The number of para-hydroxylation sites is 2. The zero-order chi connectivity index (χ0) is 22.4. The second-order valence-corrected chi connectivity index (χ2v) is 11.3. The van der Waals surface area contributed by atoms with Crippen LogP contribution in [-0.4, -0.2) is 63.4 Å². The van der Waals surface area contributed by atoms with Crippen LogP contribution in [0.5, 0.6) is 5.75 Å². The Morgan fingerprint density at radius 3 is 2.41 bits per heavy atom. The maximum Gasteiger partial charge on any atom is 0.161 e. The van der Waals surface area contributed by atoms with Crippen LogP contribution in [0.3, 0.4) is 0 Å². The SMILES string of the molecule is COc1ccccc1N1CCN(CCC(c2ccccn2)S(=O)(=O)C2CCCCC2)CC1. The van der Waals surface area contributed by atoms with Gasteiger partial charge < -0.3 is 9.64 Å². The first-order valence-electron chi connectivity index (χ1n) is 11.8. The topological polar surface area (TPSA) is 62.7 Å². The molecule has 7 heteroatoms. The maximum atomic E-state index is 13.6. The Labute approximate surface area is 192 Å². The fraction of sp³-hybridized carbons (Fsp3) is 0.560. The highest BCUT2D eigenvalue weighted by Crippen LogP contribution is 2.35.